The maximum atomic E-state index is 13.0. The van der Waals surface area contributed by atoms with E-state index in [1.807, 2.05) is 38.1 Å². The largest absolute Gasteiger partial charge is 0.417 e. The van der Waals surface area contributed by atoms with E-state index < -0.39 is 11.7 Å². The highest BCUT2D eigenvalue weighted by molar-refractivity contribution is 6.05. The third-order valence-electron chi connectivity index (χ3n) is 5.70. The Labute approximate surface area is 195 Å². The molecule has 34 heavy (non-hydrogen) atoms. The lowest BCUT2D eigenvalue weighted by Crippen LogP contribution is -2.44. The molecule has 2 unspecified atom stereocenters. The van der Waals surface area contributed by atoms with Crippen molar-refractivity contribution in [1.82, 2.24) is 19.7 Å². The number of carbonyl (C=O) groups excluding carboxylic acids is 1. The molecular weight excluding hydrogens is 447 g/mol. The number of alkyl halides is 3. The van der Waals surface area contributed by atoms with Gasteiger partial charge in [0.2, 0.25) is 0 Å². The van der Waals surface area contributed by atoms with Crippen molar-refractivity contribution in [3.63, 3.8) is 0 Å². The third-order valence-corrected chi connectivity index (χ3v) is 5.70. The second-order valence-electron chi connectivity index (χ2n) is 8.52. The van der Waals surface area contributed by atoms with Gasteiger partial charge in [0.05, 0.1) is 35.2 Å². The number of pyridine rings is 1. The fourth-order valence-corrected chi connectivity index (χ4v) is 4.17. The number of carbonyl (C=O) groups is 1. The average Bonchev–Trinajstić information content (AvgIpc) is 3.15. The molecule has 0 saturated carbocycles. The summed E-state index contributed by atoms with van der Waals surface area (Å²) in [6, 6.07) is 9.77. The molecule has 0 spiro atoms. The zero-order valence-electron chi connectivity index (χ0n) is 19.1. The van der Waals surface area contributed by atoms with Gasteiger partial charge >= 0.3 is 6.18 Å². The number of para-hydroxylation sites is 1. The molecular formula is C24H26F3N5O2. The lowest BCUT2D eigenvalue weighted by molar-refractivity contribution is -0.137. The topological polar surface area (TPSA) is 72.3 Å². The number of rotatable bonds is 5. The molecule has 1 fully saturated rings. The minimum Gasteiger partial charge on any atom is -0.373 e. The number of morpholine rings is 1. The van der Waals surface area contributed by atoms with E-state index in [0.29, 0.717) is 23.5 Å². The van der Waals surface area contributed by atoms with Crippen molar-refractivity contribution in [3.05, 3.63) is 71.2 Å². The molecule has 2 atom stereocenters. The van der Waals surface area contributed by atoms with E-state index in [2.05, 4.69) is 20.3 Å². The number of nitrogens with one attached hydrogen (secondary N) is 1. The van der Waals surface area contributed by atoms with Crippen LogP contribution in [0.25, 0.3) is 5.82 Å². The van der Waals surface area contributed by atoms with Crippen LogP contribution in [0.4, 0.5) is 18.9 Å². The fourth-order valence-electron chi connectivity index (χ4n) is 4.17. The Bertz CT molecular complexity index is 1150. The van der Waals surface area contributed by atoms with Gasteiger partial charge in [-0.25, -0.2) is 9.67 Å². The SMILES string of the molecule is Cc1c(C(=O)Nc2ccccc2CN2CC(C)OC(C)C2)cnn1-c1ccc(C(F)(F)F)cn1. The minimum absolute atomic E-state index is 0.137. The number of aromatic nitrogens is 3. The molecule has 0 bridgehead atoms. The summed E-state index contributed by atoms with van der Waals surface area (Å²) in [5, 5.41) is 7.12. The monoisotopic (exact) mass is 473 g/mol. The normalized spacial score (nSPS) is 19.2. The van der Waals surface area contributed by atoms with Crippen LogP contribution in [-0.2, 0) is 17.5 Å². The molecule has 0 aliphatic carbocycles. The third kappa shape index (κ3) is 5.28. The Kier molecular flexibility index (Phi) is 6.72. The van der Waals surface area contributed by atoms with Gasteiger partial charge in [-0.15, -0.1) is 0 Å². The zero-order chi connectivity index (χ0) is 24.5. The first kappa shape index (κ1) is 23.9. The molecule has 3 aromatic rings. The van der Waals surface area contributed by atoms with Gasteiger partial charge in [-0.2, -0.15) is 18.3 Å². The smallest absolute Gasteiger partial charge is 0.373 e. The van der Waals surface area contributed by atoms with Gasteiger partial charge in [0.15, 0.2) is 5.82 Å². The first-order valence-electron chi connectivity index (χ1n) is 11.0. The van der Waals surface area contributed by atoms with Crippen LogP contribution in [0.15, 0.2) is 48.8 Å². The highest BCUT2D eigenvalue weighted by atomic mass is 19.4. The molecule has 10 heteroatoms. The van der Waals surface area contributed by atoms with Crippen molar-refractivity contribution in [1.29, 1.82) is 0 Å². The van der Waals surface area contributed by atoms with Crippen molar-refractivity contribution in [2.24, 2.45) is 0 Å². The highest BCUT2D eigenvalue weighted by Gasteiger charge is 2.31. The van der Waals surface area contributed by atoms with Crippen molar-refractivity contribution >= 4 is 11.6 Å². The van der Waals surface area contributed by atoms with E-state index in [1.54, 1.807) is 6.92 Å². The average molecular weight is 473 g/mol. The highest BCUT2D eigenvalue weighted by Crippen LogP contribution is 2.29. The standard InChI is InChI=1S/C24H26F3N5O2/c1-15-12-31(13-16(2)34-15)14-18-6-4-5-7-21(18)30-23(33)20-11-29-32(17(20)3)22-9-8-19(10-28-22)24(25,26)27/h4-11,15-16H,12-14H2,1-3H3,(H,30,33). The molecule has 0 radical (unpaired) electrons. The zero-order valence-corrected chi connectivity index (χ0v) is 19.1. The van der Waals surface area contributed by atoms with Crippen LogP contribution < -0.4 is 5.32 Å². The summed E-state index contributed by atoms with van der Waals surface area (Å²) in [6.07, 6.45) is -2.06. The summed E-state index contributed by atoms with van der Waals surface area (Å²) in [7, 11) is 0. The number of halogens is 3. The fraction of sp³-hybridized carbons (Fsp3) is 0.375. The molecule has 7 nitrogen and oxygen atoms in total. The lowest BCUT2D eigenvalue weighted by atomic mass is 10.1. The first-order chi connectivity index (χ1) is 16.1. The maximum Gasteiger partial charge on any atom is 0.417 e. The number of hydrogen-bond donors (Lipinski definition) is 1. The molecule has 1 N–H and O–H groups in total. The number of benzene rings is 1. The number of nitrogens with zero attached hydrogens (tertiary/aromatic N) is 4. The summed E-state index contributed by atoms with van der Waals surface area (Å²) in [6.45, 7) is 8.04. The van der Waals surface area contributed by atoms with Crippen LogP contribution in [0.3, 0.4) is 0 Å². The summed E-state index contributed by atoms with van der Waals surface area (Å²) in [5.74, 6) is -0.160. The van der Waals surface area contributed by atoms with E-state index in [9.17, 15) is 18.0 Å². The molecule has 1 aliphatic rings. The summed E-state index contributed by atoms with van der Waals surface area (Å²) < 4.78 is 45.6. The number of anilines is 1. The van der Waals surface area contributed by atoms with Gasteiger partial charge in [-0.3, -0.25) is 9.69 Å². The van der Waals surface area contributed by atoms with E-state index in [1.165, 1.54) is 16.9 Å². The quantitative estimate of drug-likeness (QED) is 0.593. The van der Waals surface area contributed by atoms with Crippen molar-refractivity contribution in [2.75, 3.05) is 18.4 Å². The van der Waals surface area contributed by atoms with Gasteiger partial charge in [-0.05, 0) is 44.5 Å². The molecule has 3 heterocycles. The Morgan fingerprint density at radius 1 is 1.12 bits per heavy atom. The van der Waals surface area contributed by atoms with Gasteiger partial charge in [-0.1, -0.05) is 18.2 Å². The van der Waals surface area contributed by atoms with Gasteiger partial charge in [0, 0.05) is 31.5 Å². The lowest BCUT2D eigenvalue weighted by Gasteiger charge is -2.35. The van der Waals surface area contributed by atoms with Gasteiger partial charge < -0.3 is 10.1 Å². The van der Waals surface area contributed by atoms with Crippen molar-refractivity contribution < 1.29 is 22.7 Å². The molecule has 180 valence electrons. The maximum absolute atomic E-state index is 13.0. The second kappa shape index (κ2) is 9.55. The molecule has 1 aromatic carbocycles. The Morgan fingerprint density at radius 2 is 1.82 bits per heavy atom. The predicted molar refractivity (Wildman–Crippen MR) is 121 cm³/mol. The number of amides is 1. The molecule has 1 saturated heterocycles. The van der Waals surface area contributed by atoms with Crippen LogP contribution in [0.1, 0.15) is 41.0 Å². The van der Waals surface area contributed by atoms with Crippen LogP contribution in [0, 0.1) is 6.92 Å². The second-order valence-corrected chi connectivity index (χ2v) is 8.52. The minimum atomic E-state index is -4.47. The summed E-state index contributed by atoms with van der Waals surface area (Å²) in [4.78, 5) is 19.2. The molecule has 1 aliphatic heterocycles. The van der Waals surface area contributed by atoms with Crippen molar-refractivity contribution in [3.8, 4) is 5.82 Å². The van der Waals surface area contributed by atoms with E-state index in [0.717, 1.165) is 30.9 Å². The van der Waals surface area contributed by atoms with E-state index >= 15 is 0 Å². The van der Waals surface area contributed by atoms with Crippen LogP contribution >= 0.6 is 0 Å². The van der Waals surface area contributed by atoms with Gasteiger partial charge in [0.1, 0.15) is 0 Å². The van der Waals surface area contributed by atoms with Gasteiger partial charge in [0.25, 0.3) is 5.91 Å². The first-order valence-corrected chi connectivity index (χ1v) is 11.0. The Balaban J connectivity index is 1.51. The number of hydrogen-bond acceptors (Lipinski definition) is 5. The van der Waals surface area contributed by atoms with Crippen LogP contribution in [-0.4, -0.2) is 50.9 Å². The predicted octanol–water partition coefficient (Wildman–Crippen LogP) is 4.46. The Morgan fingerprint density at radius 3 is 2.47 bits per heavy atom. The van der Waals surface area contributed by atoms with E-state index in [-0.39, 0.29) is 23.9 Å². The molecule has 1 amide bonds. The summed E-state index contributed by atoms with van der Waals surface area (Å²) >= 11 is 0. The summed E-state index contributed by atoms with van der Waals surface area (Å²) in [5.41, 5.74) is 1.61. The molecule has 4 rings (SSSR count). The van der Waals surface area contributed by atoms with E-state index in [4.69, 9.17) is 4.74 Å². The van der Waals surface area contributed by atoms with Crippen LogP contribution in [0.5, 0.6) is 0 Å². The van der Waals surface area contributed by atoms with Crippen LogP contribution in [0.2, 0.25) is 0 Å². The number of ether oxygens (including phenoxy) is 1. The van der Waals surface area contributed by atoms with Crippen molar-refractivity contribution in [2.45, 2.75) is 45.7 Å². The Hall–Kier alpha value is -3.24. The molecule has 2 aromatic heterocycles.